The summed E-state index contributed by atoms with van der Waals surface area (Å²) in [7, 11) is 0. The Morgan fingerprint density at radius 1 is 1.05 bits per heavy atom. The molecule has 6 heteroatoms. The lowest BCUT2D eigenvalue weighted by Crippen LogP contribution is -2.11. The summed E-state index contributed by atoms with van der Waals surface area (Å²) < 4.78 is 12.6. The van der Waals surface area contributed by atoms with Gasteiger partial charge < -0.3 is 14.6 Å². The number of aromatic carboxylic acids is 1. The average molecular weight is 416 g/mol. The van der Waals surface area contributed by atoms with Gasteiger partial charge in [-0.15, -0.1) is 0 Å². The Bertz CT molecular complexity index is 643. The molecule has 110 valence electrons. The first-order chi connectivity index (χ1) is 10.1. The van der Waals surface area contributed by atoms with Gasteiger partial charge in [0.1, 0.15) is 30.3 Å². The van der Waals surface area contributed by atoms with Gasteiger partial charge in [-0.3, -0.25) is 0 Å². The number of carboxylic acids is 1. The Kier molecular flexibility index (Phi) is 5.64. The molecule has 0 spiro atoms. The van der Waals surface area contributed by atoms with E-state index >= 15 is 0 Å². The van der Waals surface area contributed by atoms with E-state index in [2.05, 4.69) is 31.9 Å². The molecule has 0 aliphatic carbocycles. The molecule has 21 heavy (non-hydrogen) atoms. The van der Waals surface area contributed by atoms with E-state index in [1.165, 1.54) is 6.07 Å². The van der Waals surface area contributed by atoms with Gasteiger partial charge in [0.05, 0.1) is 4.47 Å². The van der Waals surface area contributed by atoms with Gasteiger partial charge in [0.2, 0.25) is 0 Å². The van der Waals surface area contributed by atoms with Crippen molar-refractivity contribution in [2.75, 3.05) is 13.2 Å². The second-order valence-electron chi connectivity index (χ2n) is 4.08. The Hall–Kier alpha value is -1.53. The van der Waals surface area contributed by atoms with Gasteiger partial charge in [-0.05, 0) is 46.3 Å². The molecular formula is C15H12Br2O4. The van der Waals surface area contributed by atoms with Crippen molar-refractivity contribution >= 4 is 37.8 Å². The van der Waals surface area contributed by atoms with E-state index in [1.54, 1.807) is 12.1 Å². The average Bonchev–Trinajstić information content (AvgIpc) is 2.44. The molecule has 1 N–H and O–H groups in total. The van der Waals surface area contributed by atoms with Gasteiger partial charge in [0.15, 0.2) is 0 Å². The van der Waals surface area contributed by atoms with E-state index in [0.717, 1.165) is 10.2 Å². The summed E-state index contributed by atoms with van der Waals surface area (Å²) in [5.41, 5.74) is 0.117. The molecule has 0 aromatic heterocycles. The fourth-order valence-electron chi connectivity index (χ4n) is 1.68. The predicted molar refractivity (Wildman–Crippen MR) is 86.2 cm³/mol. The van der Waals surface area contributed by atoms with E-state index in [4.69, 9.17) is 14.6 Å². The predicted octanol–water partition coefficient (Wildman–Crippen LogP) is 4.37. The van der Waals surface area contributed by atoms with Crippen LogP contribution in [0, 0.1) is 0 Å². The molecule has 0 unspecified atom stereocenters. The van der Waals surface area contributed by atoms with Crippen molar-refractivity contribution in [1.82, 2.24) is 0 Å². The molecule has 0 amide bonds. The Morgan fingerprint density at radius 3 is 2.48 bits per heavy atom. The van der Waals surface area contributed by atoms with Crippen LogP contribution in [0.25, 0.3) is 0 Å². The monoisotopic (exact) mass is 414 g/mol. The second-order valence-corrected chi connectivity index (χ2v) is 5.85. The van der Waals surface area contributed by atoms with Crippen molar-refractivity contribution in [2.45, 2.75) is 0 Å². The summed E-state index contributed by atoms with van der Waals surface area (Å²) in [6.45, 7) is 0.562. The number of hydrogen-bond donors (Lipinski definition) is 1. The lowest BCUT2D eigenvalue weighted by molar-refractivity contribution is 0.0691. The number of ether oxygens (including phenoxy) is 2. The van der Waals surface area contributed by atoms with Crippen LogP contribution in [0.1, 0.15) is 10.4 Å². The van der Waals surface area contributed by atoms with Crippen molar-refractivity contribution in [2.24, 2.45) is 0 Å². The molecule has 2 aromatic carbocycles. The second kappa shape index (κ2) is 7.47. The minimum atomic E-state index is -1.03. The van der Waals surface area contributed by atoms with E-state index in [-0.39, 0.29) is 12.2 Å². The summed E-state index contributed by atoms with van der Waals surface area (Å²) in [5, 5.41) is 9.12. The number of hydrogen-bond acceptors (Lipinski definition) is 3. The van der Waals surface area contributed by atoms with Crippen LogP contribution in [0.4, 0.5) is 0 Å². The lowest BCUT2D eigenvalue weighted by Gasteiger charge is -2.12. The molecule has 0 fully saturated rings. The molecule has 0 aliphatic heterocycles. The Morgan fingerprint density at radius 2 is 1.76 bits per heavy atom. The normalized spacial score (nSPS) is 10.2. The van der Waals surface area contributed by atoms with Crippen LogP contribution in [0.3, 0.4) is 0 Å². The lowest BCUT2D eigenvalue weighted by atomic mass is 10.2. The maximum atomic E-state index is 11.1. The van der Waals surface area contributed by atoms with Gasteiger partial charge in [-0.1, -0.05) is 28.1 Å². The van der Waals surface area contributed by atoms with Crippen LogP contribution in [-0.4, -0.2) is 24.3 Å². The maximum absolute atomic E-state index is 11.1. The van der Waals surface area contributed by atoms with E-state index in [0.29, 0.717) is 16.8 Å². The minimum absolute atomic E-state index is 0.117. The number of halogens is 2. The highest BCUT2D eigenvalue weighted by molar-refractivity contribution is 9.10. The number of benzene rings is 2. The van der Waals surface area contributed by atoms with Crippen LogP contribution in [-0.2, 0) is 0 Å². The van der Waals surface area contributed by atoms with E-state index in [9.17, 15) is 4.79 Å². The van der Waals surface area contributed by atoms with Gasteiger partial charge in [-0.2, -0.15) is 0 Å². The smallest absolute Gasteiger partial charge is 0.339 e. The van der Waals surface area contributed by atoms with E-state index in [1.807, 2.05) is 24.3 Å². The van der Waals surface area contributed by atoms with Crippen molar-refractivity contribution in [1.29, 1.82) is 0 Å². The van der Waals surface area contributed by atoms with E-state index < -0.39 is 5.97 Å². The summed E-state index contributed by atoms with van der Waals surface area (Å²) in [5.74, 6) is 0.000566. The van der Waals surface area contributed by atoms with Gasteiger partial charge in [0, 0.05) is 4.47 Å². The number of para-hydroxylation sites is 1. The van der Waals surface area contributed by atoms with Crippen LogP contribution >= 0.6 is 31.9 Å². The molecular weight excluding hydrogens is 404 g/mol. The zero-order chi connectivity index (χ0) is 15.2. The highest BCUT2D eigenvalue weighted by Crippen LogP contribution is 2.29. The third kappa shape index (κ3) is 4.47. The zero-order valence-electron chi connectivity index (χ0n) is 10.9. The van der Waals surface area contributed by atoms with Crippen molar-refractivity contribution in [3.05, 3.63) is 57.0 Å². The number of carboxylic acid groups (broad SMARTS) is 1. The largest absolute Gasteiger partial charge is 0.490 e. The first-order valence-electron chi connectivity index (χ1n) is 6.11. The molecule has 2 aromatic rings. The molecule has 0 aliphatic rings. The fraction of sp³-hybridized carbons (Fsp3) is 0.133. The third-order valence-corrected chi connectivity index (χ3v) is 3.71. The summed E-state index contributed by atoms with van der Waals surface area (Å²) >= 11 is 6.65. The number of rotatable bonds is 6. The summed E-state index contributed by atoms with van der Waals surface area (Å²) in [6, 6.07) is 12.3. The van der Waals surface area contributed by atoms with Crippen molar-refractivity contribution in [3.63, 3.8) is 0 Å². The van der Waals surface area contributed by atoms with Crippen molar-refractivity contribution in [3.8, 4) is 11.5 Å². The molecule has 0 heterocycles. The first kappa shape index (κ1) is 15.9. The first-order valence-corrected chi connectivity index (χ1v) is 7.69. The highest BCUT2D eigenvalue weighted by Gasteiger charge is 2.14. The minimum Gasteiger partial charge on any atom is -0.490 e. The summed E-state index contributed by atoms with van der Waals surface area (Å²) in [6.07, 6.45) is 0. The van der Waals surface area contributed by atoms with Gasteiger partial charge in [-0.25, -0.2) is 4.79 Å². The van der Waals surface area contributed by atoms with Gasteiger partial charge in [0.25, 0.3) is 0 Å². The Labute approximate surface area is 139 Å². The van der Waals surface area contributed by atoms with Crippen molar-refractivity contribution < 1.29 is 19.4 Å². The van der Waals surface area contributed by atoms with Crippen LogP contribution in [0.15, 0.2) is 51.4 Å². The van der Waals surface area contributed by atoms with Crippen LogP contribution < -0.4 is 9.47 Å². The number of carbonyl (C=O) groups is 1. The molecule has 0 bridgehead atoms. The zero-order valence-corrected chi connectivity index (χ0v) is 14.1. The standard InChI is InChI=1S/C15H12Br2O4/c16-10-3-1-4-11(9-10)20-7-8-21-14-12(15(18)19)5-2-6-13(14)17/h1-6,9H,7-8H2,(H,18,19). The fourth-order valence-corrected chi connectivity index (χ4v) is 2.54. The van der Waals surface area contributed by atoms with Crippen LogP contribution in [0.5, 0.6) is 11.5 Å². The summed E-state index contributed by atoms with van der Waals surface area (Å²) in [4.78, 5) is 11.1. The molecule has 0 radical (unpaired) electrons. The quantitative estimate of drug-likeness (QED) is 0.711. The molecule has 0 saturated carbocycles. The highest BCUT2D eigenvalue weighted by atomic mass is 79.9. The molecule has 0 atom stereocenters. The SMILES string of the molecule is O=C(O)c1cccc(Br)c1OCCOc1cccc(Br)c1. The molecule has 4 nitrogen and oxygen atoms in total. The molecule has 2 rings (SSSR count). The van der Waals surface area contributed by atoms with Gasteiger partial charge >= 0.3 is 5.97 Å². The topological polar surface area (TPSA) is 55.8 Å². The Balaban J connectivity index is 1.93. The maximum Gasteiger partial charge on any atom is 0.339 e. The molecule has 0 saturated heterocycles. The third-order valence-electron chi connectivity index (χ3n) is 2.59. The van der Waals surface area contributed by atoms with Crippen LogP contribution in [0.2, 0.25) is 0 Å².